The molecule has 1 aromatic heterocycles. The molecule has 0 bridgehead atoms. The van der Waals surface area contributed by atoms with Crippen LogP contribution in [-0.4, -0.2) is 47.4 Å². The number of aryl methyl sites for hydroxylation is 1. The summed E-state index contributed by atoms with van der Waals surface area (Å²) in [5.74, 6) is -0.663. The van der Waals surface area contributed by atoms with Gasteiger partial charge in [0.1, 0.15) is 4.88 Å². The number of likely N-dealkylation sites (tertiary alicyclic amines) is 1. The third kappa shape index (κ3) is 4.28. The summed E-state index contributed by atoms with van der Waals surface area (Å²) in [4.78, 5) is 41.7. The molecule has 8 heteroatoms. The van der Waals surface area contributed by atoms with Crippen molar-refractivity contribution in [3.8, 4) is 0 Å². The number of carbonyl (C=O) groups excluding carboxylic acids is 3. The Morgan fingerprint density at radius 3 is 2.78 bits per heavy atom. The van der Waals surface area contributed by atoms with Crippen LogP contribution >= 0.6 is 11.3 Å². The number of nitrogens with zero attached hydrogens (tertiary/aromatic N) is 2. The van der Waals surface area contributed by atoms with Gasteiger partial charge in [0.15, 0.2) is 5.13 Å². The van der Waals surface area contributed by atoms with E-state index in [1.165, 1.54) is 14.0 Å². The molecule has 7 nitrogen and oxygen atoms in total. The number of thiazole rings is 1. The number of rotatable bonds is 4. The first kappa shape index (κ1) is 17.4. The van der Waals surface area contributed by atoms with Crippen molar-refractivity contribution in [3.63, 3.8) is 0 Å². The Hall–Kier alpha value is -1.96. The van der Waals surface area contributed by atoms with Gasteiger partial charge >= 0.3 is 5.97 Å². The molecule has 1 saturated heterocycles. The van der Waals surface area contributed by atoms with Crippen molar-refractivity contribution >= 4 is 34.3 Å². The van der Waals surface area contributed by atoms with Gasteiger partial charge in [-0.25, -0.2) is 9.78 Å². The minimum Gasteiger partial charge on any atom is -0.465 e. The van der Waals surface area contributed by atoms with E-state index in [9.17, 15) is 14.4 Å². The number of hydrogen-bond acceptors (Lipinski definition) is 6. The van der Waals surface area contributed by atoms with Crippen molar-refractivity contribution in [3.05, 3.63) is 10.6 Å². The second kappa shape index (κ2) is 7.54. The summed E-state index contributed by atoms with van der Waals surface area (Å²) in [6.45, 7) is 3.93. The molecular formula is C15H21N3O4S. The molecule has 23 heavy (non-hydrogen) atoms. The van der Waals surface area contributed by atoms with Crippen molar-refractivity contribution in [1.82, 2.24) is 9.88 Å². The van der Waals surface area contributed by atoms with Crippen LogP contribution in [0.15, 0.2) is 0 Å². The van der Waals surface area contributed by atoms with Gasteiger partial charge in [0.25, 0.3) is 0 Å². The highest BCUT2D eigenvalue weighted by molar-refractivity contribution is 7.17. The average Bonchev–Trinajstić information content (AvgIpc) is 2.87. The molecule has 126 valence electrons. The summed E-state index contributed by atoms with van der Waals surface area (Å²) in [6.07, 6.45) is 3.07. The summed E-state index contributed by atoms with van der Waals surface area (Å²) < 4.78 is 4.67. The Morgan fingerprint density at radius 2 is 2.13 bits per heavy atom. The molecule has 0 spiro atoms. The smallest absolute Gasteiger partial charge is 0.350 e. The van der Waals surface area contributed by atoms with Crippen LogP contribution in [0, 0.1) is 6.92 Å². The van der Waals surface area contributed by atoms with Gasteiger partial charge in [0.2, 0.25) is 11.8 Å². The average molecular weight is 339 g/mol. The predicted molar refractivity (Wildman–Crippen MR) is 86.5 cm³/mol. The van der Waals surface area contributed by atoms with Crippen LogP contribution in [0.4, 0.5) is 5.13 Å². The molecule has 2 heterocycles. The first-order valence-corrected chi connectivity index (χ1v) is 8.36. The van der Waals surface area contributed by atoms with Gasteiger partial charge in [-0.15, -0.1) is 0 Å². The zero-order chi connectivity index (χ0) is 17.0. The van der Waals surface area contributed by atoms with E-state index in [2.05, 4.69) is 15.0 Å². The Labute approximate surface area is 139 Å². The number of hydrogen-bond donors (Lipinski definition) is 1. The molecule has 0 unspecified atom stereocenters. The topological polar surface area (TPSA) is 88.6 Å². The summed E-state index contributed by atoms with van der Waals surface area (Å²) in [5, 5.41) is 3.08. The van der Waals surface area contributed by atoms with Crippen molar-refractivity contribution in [1.29, 1.82) is 0 Å². The monoisotopic (exact) mass is 339 g/mol. The van der Waals surface area contributed by atoms with Crippen LogP contribution < -0.4 is 5.32 Å². The highest BCUT2D eigenvalue weighted by Crippen LogP contribution is 2.24. The molecule has 1 aliphatic rings. The van der Waals surface area contributed by atoms with Gasteiger partial charge in [-0.3, -0.25) is 9.59 Å². The lowest BCUT2D eigenvalue weighted by molar-refractivity contribution is -0.133. The van der Waals surface area contributed by atoms with Crippen LogP contribution in [0.1, 0.15) is 48.0 Å². The number of aromatic nitrogens is 1. The lowest BCUT2D eigenvalue weighted by Gasteiger charge is -2.34. The molecule has 1 fully saturated rings. The van der Waals surface area contributed by atoms with Crippen LogP contribution in [0.25, 0.3) is 0 Å². The van der Waals surface area contributed by atoms with Crippen molar-refractivity contribution in [2.45, 2.75) is 45.6 Å². The molecule has 0 radical (unpaired) electrons. The summed E-state index contributed by atoms with van der Waals surface area (Å²) >= 11 is 1.09. The lowest BCUT2D eigenvalue weighted by Crippen LogP contribution is -2.44. The molecule has 2 amide bonds. The van der Waals surface area contributed by atoms with Gasteiger partial charge in [-0.2, -0.15) is 0 Å². The normalized spacial score (nSPS) is 17.7. The van der Waals surface area contributed by atoms with Crippen LogP contribution in [0.5, 0.6) is 0 Å². The third-order valence-corrected chi connectivity index (χ3v) is 4.92. The zero-order valence-electron chi connectivity index (χ0n) is 13.5. The fourth-order valence-corrected chi connectivity index (χ4v) is 3.64. The van der Waals surface area contributed by atoms with E-state index >= 15 is 0 Å². The number of carbonyl (C=O) groups is 3. The number of ether oxygens (including phenoxy) is 1. The first-order valence-electron chi connectivity index (χ1n) is 7.55. The van der Waals surface area contributed by atoms with E-state index in [0.717, 1.165) is 30.6 Å². The van der Waals surface area contributed by atoms with Gasteiger partial charge in [-0.05, 0) is 26.2 Å². The van der Waals surface area contributed by atoms with Crippen LogP contribution in [-0.2, 0) is 14.3 Å². The maximum Gasteiger partial charge on any atom is 0.350 e. The quantitative estimate of drug-likeness (QED) is 0.847. The number of esters is 1. The number of piperidine rings is 1. The molecular weight excluding hydrogens is 318 g/mol. The van der Waals surface area contributed by atoms with Crippen molar-refractivity contribution in [2.24, 2.45) is 0 Å². The highest BCUT2D eigenvalue weighted by atomic mass is 32.1. The Balaban J connectivity index is 1.99. The molecule has 1 atom stereocenters. The standard InChI is InChI=1S/C15H21N3O4S/c1-9-13(14(21)22-3)23-15(16-9)17-12(20)8-11-6-4-5-7-18(11)10(2)19/h11H,4-8H2,1-3H3,(H,16,17,20)/t11-/m1/s1. The molecule has 1 N–H and O–H groups in total. The molecule has 1 aromatic rings. The number of methoxy groups -OCH3 is 1. The highest BCUT2D eigenvalue weighted by Gasteiger charge is 2.27. The molecule has 0 aromatic carbocycles. The van der Waals surface area contributed by atoms with E-state index in [-0.39, 0.29) is 24.3 Å². The Kier molecular flexibility index (Phi) is 5.70. The maximum atomic E-state index is 12.2. The van der Waals surface area contributed by atoms with Gasteiger partial charge in [0.05, 0.1) is 12.8 Å². The van der Waals surface area contributed by atoms with Gasteiger partial charge < -0.3 is 15.0 Å². The summed E-state index contributed by atoms with van der Waals surface area (Å²) in [7, 11) is 1.30. The second-order valence-corrected chi connectivity index (χ2v) is 6.54. The van der Waals surface area contributed by atoms with Crippen LogP contribution in [0.3, 0.4) is 0 Å². The minimum absolute atomic E-state index is 0.000528. The maximum absolute atomic E-state index is 12.2. The van der Waals surface area contributed by atoms with Gasteiger partial charge in [-0.1, -0.05) is 11.3 Å². The Morgan fingerprint density at radius 1 is 1.39 bits per heavy atom. The second-order valence-electron chi connectivity index (χ2n) is 5.54. The summed E-state index contributed by atoms with van der Waals surface area (Å²) in [6, 6.07) is -0.0672. The number of anilines is 1. The van der Waals surface area contributed by atoms with E-state index in [4.69, 9.17) is 0 Å². The SMILES string of the molecule is COC(=O)c1sc(NC(=O)C[C@H]2CCCCN2C(C)=O)nc1C. The van der Waals surface area contributed by atoms with Crippen molar-refractivity contribution in [2.75, 3.05) is 19.0 Å². The lowest BCUT2D eigenvalue weighted by atomic mass is 9.99. The number of nitrogens with one attached hydrogen (secondary N) is 1. The molecule has 2 rings (SSSR count). The van der Waals surface area contributed by atoms with Crippen molar-refractivity contribution < 1.29 is 19.1 Å². The minimum atomic E-state index is -0.462. The van der Waals surface area contributed by atoms with E-state index in [1.54, 1.807) is 11.8 Å². The fourth-order valence-electron chi connectivity index (χ4n) is 2.74. The van der Waals surface area contributed by atoms with Gasteiger partial charge in [0, 0.05) is 25.9 Å². The predicted octanol–water partition coefficient (Wildman–Crippen LogP) is 1.97. The fraction of sp³-hybridized carbons (Fsp3) is 0.600. The van der Waals surface area contributed by atoms with E-state index < -0.39 is 5.97 Å². The molecule has 0 saturated carbocycles. The largest absolute Gasteiger partial charge is 0.465 e. The van der Waals surface area contributed by atoms with E-state index in [0.29, 0.717) is 22.2 Å². The zero-order valence-corrected chi connectivity index (χ0v) is 14.4. The van der Waals surface area contributed by atoms with E-state index in [1.807, 2.05) is 0 Å². The van der Waals surface area contributed by atoms with Crippen LogP contribution in [0.2, 0.25) is 0 Å². The molecule has 1 aliphatic heterocycles. The first-order chi connectivity index (χ1) is 10.9. The summed E-state index contributed by atoms with van der Waals surface area (Å²) in [5.41, 5.74) is 0.528. The number of amides is 2. The Bertz CT molecular complexity index is 614. The molecule has 0 aliphatic carbocycles. The third-order valence-electron chi connectivity index (χ3n) is 3.87.